The lowest BCUT2D eigenvalue weighted by Gasteiger charge is -2.32. The number of carbonyl (C=O) groups excluding carboxylic acids is 1. The maximum Gasteiger partial charge on any atom is 0.150 e. The average Bonchev–Trinajstić information content (AvgIpc) is 2.70. The fourth-order valence-corrected chi connectivity index (χ4v) is 3.51. The number of rotatable bonds is 17. The largest absolute Gasteiger partial charge is 0.330 e. The van der Waals surface area contributed by atoms with Gasteiger partial charge < -0.3 is 11.1 Å². The maximum absolute atomic E-state index is 10.8. The van der Waals surface area contributed by atoms with E-state index in [1.165, 1.54) is 36.8 Å². The zero-order valence-electron chi connectivity index (χ0n) is 18.9. The number of nitrogens with two attached hydrogens (primary N) is 1. The summed E-state index contributed by atoms with van der Waals surface area (Å²) >= 11 is 0. The minimum Gasteiger partial charge on any atom is -0.330 e. The van der Waals surface area contributed by atoms with Crippen LogP contribution in [0.3, 0.4) is 0 Å². The average molecular weight is 389 g/mol. The first-order valence-electron chi connectivity index (χ1n) is 10.9. The highest BCUT2D eigenvalue weighted by atomic mass is 16.1. The fraction of sp³-hybridized carbons (Fsp3) is 0.640. The summed E-state index contributed by atoms with van der Waals surface area (Å²) in [5, 5.41) is 3.66. The van der Waals surface area contributed by atoms with Gasteiger partial charge in [0.05, 0.1) is 0 Å². The molecule has 0 aromatic carbocycles. The van der Waals surface area contributed by atoms with Crippen LogP contribution in [-0.2, 0) is 4.79 Å². The van der Waals surface area contributed by atoms with E-state index < -0.39 is 0 Å². The molecule has 0 saturated heterocycles. The van der Waals surface area contributed by atoms with Crippen LogP contribution in [0.25, 0.3) is 0 Å². The second kappa shape index (κ2) is 15.5. The highest BCUT2D eigenvalue weighted by Crippen LogP contribution is 2.30. The second-order valence-electron chi connectivity index (χ2n) is 8.19. The molecule has 2 unspecified atom stereocenters. The molecule has 3 N–H and O–H groups in total. The molecule has 0 amide bonds. The summed E-state index contributed by atoms with van der Waals surface area (Å²) in [5.41, 5.74) is 9.15. The fourth-order valence-electron chi connectivity index (χ4n) is 3.51. The van der Waals surface area contributed by atoms with Crippen LogP contribution in [-0.4, -0.2) is 25.9 Å². The van der Waals surface area contributed by atoms with Gasteiger partial charge in [0.1, 0.15) is 6.29 Å². The van der Waals surface area contributed by atoms with Crippen molar-refractivity contribution in [3.63, 3.8) is 0 Å². The first-order valence-corrected chi connectivity index (χ1v) is 10.9. The lowest BCUT2D eigenvalue weighted by Crippen LogP contribution is -2.36. The van der Waals surface area contributed by atoms with Crippen molar-refractivity contribution >= 4 is 6.29 Å². The Bertz CT molecular complexity index is 523. The molecule has 2 atom stereocenters. The van der Waals surface area contributed by atoms with Crippen molar-refractivity contribution in [2.24, 2.45) is 17.1 Å². The minimum absolute atomic E-state index is 0.104. The van der Waals surface area contributed by atoms with Crippen molar-refractivity contribution in [2.45, 2.75) is 72.6 Å². The highest BCUT2D eigenvalue weighted by Gasteiger charge is 2.25. The summed E-state index contributed by atoms with van der Waals surface area (Å²) in [6, 6.07) is 0. The molecular weight excluding hydrogens is 344 g/mol. The Balaban J connectivity index is 4.30. The van der Waals surface area contributed by atoms with E-state index in [1.54, 1.807) is 6.08 Å². The van der Waals surface area contributed by atoms with Crippen molar-refractivity contribution in [3.8, 4) is 0 Å². The second-order valence-corrected chi connectivity index (χ2v) is 8.19. The van der Waals surface area contributed by atoms with E-state index in [1.807, 2.05) is 12.2 Å². The van der Waals surface area contributed by atoms with E-state index in [2.05, 4.69) is 46.2 Å². The predicted molar refractivity (Wildman–Crippen MR) is 124 cm³/mol. The first kappa shape index (κ1) is 26.6. The first-order chi connectivity index (χ1) is 13.4. The van der Waals surface area contributed by atoms with Crippen LogP contribution >= 0.6 is 0 Å². The molecule has 3 nitrogen and oxygen atoms in total. The molecule has 0 rings (SSSR count). The van der Waals surface area contributed by atoms with Gasteiger partial charge >= 0.3 is 0 Å². The zero-order chi connectivity index (χ0) is 21.4. The Kier molecular flexibility index (Phi) is 14.7. The molecule has 0 aliphatic heterocycles. The number of allylic oxidation sites excluding steroid dienone is 5. The molecule has 0 spiro atoms. The van der Waals surface area contributed by atoms with Crippen LogP contribution in [0, 0.1) is 11.3 Å². The highest BCUT2D eigenvalue weighted by molar-refractivity contribution is 5.77. The van der Waals surface area contributed by atoms with Gasteiger partial charge in [0.15, 0.2) is 0 Å². The van der Waals surface area contributed by atoms with Gasteiger partial charge in [-0.2, -0.15) is 0 Å². The molecule has 0 aliphatic carbocycles. The third-order valence-corrected chi connectivity index (χ3v) is 5.91. The van der Waals surface area contributed by atoms with Crippen LogP contribution < -0.4 is 11.1 Å². The van der Waals surface area contributed by atoms with Gasteiger partial charge in [-0.25, -0.2) is 0 Å². The Morgan fingerprint density at radius 3 is 2.50 bits per heavy atom. The molecule has 0 bridgehead atoms. The van der Waals surface area contributed by atoms with E-state index in [0.29, 0.717) is 12.1 Å². The smallest absolute Gasteiger partial charge is 0.150 e. The van der Waals surface area contributed by atoms with Crippen molar-refractivity contribution in [2.75, 3.05) is 19.6 Å². The molecule has 0 heterocycles. The van der Waals surface area contributed by atoms with E-state index in [9.17, 15) is 4.79 Å². The van der Waals surface area contributed by atoms with Crippen LogP contribution in [0.5, 0.6) is 0 Å². The lowest BCUT2D eigenvalue weighted by atomic mass is 9.78. The Labute approximate surface area is 174 Å². The van der Waals surface area contributed by atoms with Gasteiger partial charge in [-0.15, -0.1) is 0 Å². The van der Waals surface area contributed by atoms with E-state index in [0.717, 1.165) is 44.6 Å². The molecule has 0 saturated carbocycles. The van der Waals surface area contributed by atoms with Gasteiger partial charge in [0.2, 0.25) is 0 Å². The lowest BCUT2D eigenvalue weighted by molar-refractivity contribution is -0.104. The number of hydrogen-bond acceptors (Lipinski definition) is 3. The van der Waals surface area contributed by atoms with Gasteiger partial charge in [-0.3, -0.25) is 4.79 Å². The third kappa shape index (κ3) is 10.8. The SMILES string of the molecule is C=C/C(C=O)=C\C=C(/C)CCCC(CC)CCNCC(C)(CCN)C(=C)CC. The summed E-state index contributed by atoms with van der Waals surface area (Å²) in [5.74, 6) is 0.754. The molecule has 3 heteroatoms. The van der Waals surface area contributed by atoms with Gasteiger partial charge in [0, 0.05) is 17.5 Å². The minimum atomic E-state index is 0.104. The Hall–Kier alpha value is -1.45. The molecule has 160 valence electrons. The van der Waals surface area contributed by atoms with Gasteiger partial charge in [-0.05, 0) is 58.0 Å². The quantitative estimate of drug-likeness (QED) is 0.110. The molecule has 0 aromatic heterocycles. The van der Waals surface area contributed by atoms with E-state index in [-0.39, 0.29) is 5.41 Å². The topological polar surface area (TPSA) is 55.1 Å². The maximum atomic E-state index is 10.8. The number of aldehydes is 1. The standard InChI is InChI=1S/C25H44N2O/c1-7-22(5)25(6,16-17-26)20-27-18-15-23(8-2)12-10-11-21(4)13-14-24(9-3)19-28/h9,13-14,19,23,27H,3,5,7-8,10-12,15-18,20,26H2,1-2,4,6H3/b21-13+,24-14+. The normalized spacial score (nSPS) is 15.8. The summed E-state index contributed by atoms with van der Waals surface area (Å²) < 4.78 is 0. The predicted octanol–water partition coefficient (Wildman–Crippen LogP) is 5.74. The van der Waals surface area contributed by atoms with E-state index >= 15 is 0 Å². The van der Waals surface area contributed by atoms with Crippen LogP contribution in [0.15, 0.2) is 48.1 Å². The van der Waals surface area contributed by atoms with Gasteiger partial charge in [0.25, 0.3) is 0 Å². The van der Waals surface area contributed by atoms with Gasteiger partial charge in [-0.1, -0.05) is 76.1 Å². The van der Waals surface area contributed by atoms with Crippen molar-refractivity contribution in [1.29, 1.82) is 0 Å². The number of nitrogens with one attached hydrogen (secondary N) is 1. The van der Waals surface area contributed by atoms with E-state index in [4.69, 9.17) is 5.73 Å². The molecule has 28 heavy (non-hydrogen) atoms. The zero-order valence-corrected chi connectivity index (χ0v) is 18.9. The summed E-state index contributed by atoms with van der Waals surface area (Å²) in [4.78, 5) is 10.8. The van der Waals surface area contributed by atoms with Crippen LogP contribution in [0.1, 0.15) is 72.6 Å². The molecule has 0 radical (unpaired) electrons. The number of carbonyl (C=O) groups is 1. The van der Waals surface area contributed by atoms with Crippen LogP contribution in [0.4, 0.5) is 0 Å². The van der Waals surface area contributed by atoms with Crippen molar-refractivity contribution in [1.82, 2.24) is 5.32 Å². The third-order valence-electron chi connectivity index (χ3n) is 5.91. The summed E-state index contributed by atoms with van der Waals surface area (Å²) in [6.07, 6.45) is 14.3. The molecule has 0 fully saturated rings. The Morgan fingerprint density at radius 2 is 1.96 bits per heavy atom. The molecule has 0 aliphatic rings. The number of hydrogen-bond donors (Lipinski definition) is 2. The summed E-state index contributed by atoms with van der Waals surface area (Å²) in [6.45, 7) is 19.5. The monoisotopic (exact) mass is 388 g/mol. The van der Waals surface area contributed by atoms with Crippen LogP contribution in [0.2, 0.25) is 0 Å². The molecule has 0 aromatic rings. The van der Waals surface area contributed by atoms with Crippen molar-refractivity contribution in [3.05, 3.63) is 48.1 Å². The Morgan fingerprint density at radius 1 is 1.25 bits per heavy atom. The van der Waals surface area contributed by atoms with Crippen molar-refractivity contribution < 1.29 is 4.79 Å². The molecular formula is C25H44N2O. The summed E-state index contributed by atoms with van der Waals surface area (Å²) in [7, 11) is 0.